The Bertz CT molecular complexity index is 433. The van der Waals surface area contributed by atoms with Gasteiger partial charge < -0.3 is 4.74 Å². The van der Waals surface area contributed by atoms with E-state index < -0.39 is 0 Å². The third-order valence-electron chi connectivity index (χ3n) is 4.31. The van der Waals surface area contributed by atoms with Crippen LogP contribution >= 0.6 is 0 Å². The average molecular weight is 275 g/mol. The van der Waals surface area contributed by atoms with Crippen molar-refractivity contribution < 1.29 is 9.53 Å². The highest BCUT2D eigenvalue weighted by Gasteiger charge is 2.26. The summed E-state index contributed by atoms with van der Waals surface area (Å²) >= 11 is 0. The summed E-state index contributed by atoms with van der Waals surface area (Å²) in [7, 11) is 1.76. The Morgan fingerprint density at radius 3 is 2.45 bits per heavy atom. The molecule has 3 nitrogen and oxygen atoms in total. The van der Waals surface area contributed by atoms with E-state index in [0.29, 0.717) is 5.92 Å². The van der Waals surface area contributed by atoms with Gasteiger partial charge >= 0.3 is 0 Å². The summed E-state index contributed by atoms with van der Waals surface area (Å²) in [5, 5.41) is 0. The van der Waals surface area contributed by atoms with Gasteiger partial charge in [-0.25, -0.2) is 0 Å². The van der Waals surface area contributed by atoms with Crippen LogP contribution < -0.4 is 0 Å². The van der Waals surface area contributed by atoms with Crippen molar-refractivity contribution in [3.05, 3.63) is 35.4 Å². The van der Waals surface area contributed by atoms with Crippen molar-refractivity contribution in [1.29, 1.82) is 0 Å². The zero-order valence-corrected chi connectivity index (χ0v) is 12.8. The maximum Gasteiger partial charge on any atom is 0.179 e. The number of benzene rings is 1. The lowest BCUT2D eigenvalue weighted by Crippen LogP contribution is -2.44. The predicted octanol–water partition coefficient (Wildman–Crippen LogP) is 2.92. The average Bonchev–Trinajstić information content (AvgIpc) is 2.48. The van der Waals surface area contributed by atoms with Crippen molar-refractivity contribution in [2.45, 2.75) is 32.7 Å². The van der Waals surface area contributed by atoms with Crippen molar-refractivity contribution in [2.75, 3.05) is 26.8 Å². The van der Waals surface area contributed by atoms with E-state index in [1.54, 1.807) is 7.11 Å². The highest BCUT2D eigenvalue weighted by atomic mass is 16.5. The van der Waals surface area contributed by atoms with Gasteiger partial charge in [0.2, 0.25) is 0 Å². The quantitative estimate of drug-likeness (QED) is 0.774. The van der Waals surface area contributed by atoms with Crippen LogP contribution in [0.1, 0.15) is 35.7 Å². The number of methoxy groups -OCH3 is 1. The van der Waals surface area contributed by atoms with E-state index in [2.05, 4.69) is 4.90 Å². The molecule has 2 rings (SSSR count). The van der Waals surface area contributed by atoms with Gasteiger partial charge in [0.25, 0.3) is 0 Å². The summed E-state index contributed by atoms with van der Waals surface area (Å²) in [5.41, 5.74) is 2.01. The maximum atomic E-state index is 12.5. The van der Waals surface area contributed by atoms with Gasteiger partial charge in [-0.3, -0.25) is 9.69 Å². The first-order chi connectivity index (χ1) is 9.61. The molecule has 1 aliphatic rings. The number of rotatable bonds is 5. The van der Waals surface area contributed by atoms with Gasteiger partial charge in [0.15, 0.2) is 5.78 Å². The number of carbonyl (C=O) groups is 1. The second-order valence-corrected chi connectivity index (χ2v) is 5.84. The molecule has 110 valence electrons. The van der Waals surface area contributed by atoms with Crippen molar-refractivity contribution in [2.24, 2.45) is 5.92 Å². The van der Waals surface area contributed by atoms with Gasteiger partial charge in [-0.15, -0.1) is 0 Å². The van der Waals surface area contributed by atoms with E-state index in [0.717, 1.165) is 38.1 Å². The summed E-state index contributed by atoms with van der Waals surface area (Å²) in [6, 6.07) is 7.86. The van der Waals surface area contributed by atoms with Crippen LogP contribution in [0.3, 0.4) is 0 Å². The Morgan fingerprint density at radius 1 is 1.30 bits per heavy atom. The SMILES string of the molecule is COCC1CCN(C(C)C(=O)c2ccc(C)cc2)CC1. The molecule has 0 aliphatic carbocycles. The van der Waals surface area contributed by atoms with Gasteiger partial charge in [0, 0.05) is 19.3 Å². The fourth-order valence-electron chi connectivity index (χ4n) is 2.87. The third-order valence-corrected chi connectivity index (χ3v) is 4.31. The zero-order chi connectivity index (χ0) is 14.5. The molecule has 0 bridgehead atoms. The van der Waals surface area contributed by atoms with Crippen molar-refractivity contribution in [1.82, 2.24) is 4.90 Å². The minimum atomic E-state index is -0.0267. The lowest BCUT2D eigenvalue weighted by atomic mass is 9.95. The topological polar surface area (TPSA) is 29.5 Å². The molecule has 1 saturated heterocycles. The van der Waals surface area contributed by atoms with E-state index in [-0.39, 0.29) is 11.8 Å². The lowest BCUT2D eigenvalue weighted by Gasteiger charge is -2.35. The molecule has 1 fully saturated rings. The zero-order valence-electron chi connectivity index (χ0n) is 12.8. The predicted molar refractivity (Wildman–Crippen MR) is 81.1 cm³/mol. The van der Waals surface area contributed by atoms with Crippen LogP contribution in [0.25, 0.3) is 0 Å². The Balaban J connectivity index is 1.93. The van der Waals surface area contributed by atoms with Crippen molar-refractivity contribution in [3.63, 3.8) is 0 Å². The van der Waals surface area contributed by atoms with Crippen LogP contribution in [0.15, 0.2) is 24.3 Å². The number of nitrogens with zero attached hydrogens (tertiary/aromatic N) is 1. The second-order valence-electron chi connectivity index (χ2n) is 5.84. The number of ether oxygens (including phenoxy) is 1. The van der Waals surface area contributed by atoms with Gasteiger partial charge in [-0.1, -0.05) is 29.8 Å². The number of likely N-dealkylation sites (tertiary alicyclic amines) is 1. The van der Waals surface area contributed by atoms with Crippen LogP contribution in [-0.2, 0) is 4.74 Å². The fraction of sp³-hybridized carbons (Fsp3) is 0.588. The Morgan fingerprint density at radius 2 is 1.90 bits per heavy atom. The Labute approximate surface area is 121 Å². The summed E-state index contributed by atoms with van der Waals surface area (Å²) in [4.78, 5) is 14.8. The first kappa shape index (κ1) is 15.2. The van der Waals surface area contributed by atoms with Crippen molar-refractivity contribution >= 4 is 5.78 Å². The molecule has 1 aliphatic heterocycles. The van der Waals surface area contributed by atoms with E-state index in [1.165, 1.54) is 5.56 Å². The number of Topliss-reactive ketones (excluding diaryl/α,β-unsaturated/α-hetero) is 1. The van der Waals surface area contributed by atoms with Gasteiger partial charge in [0.05, 0.1) is 6.04 Å². The fourth-order valence-corrected chi connectivity index (χ4v) is 2.87. The minimum Gasteiger partial charge on any atom is -0.384 e. The monoisotopic (exact) mass is 275 g/mol. The molecule has 3 heteroatoms. The lowest BCUT2D eigenvalue weighted by molar-refractivity contribution is 0.0661. The smallest absolute Gasteiger partial charge is 0.179 e. The molecule has 1 aromatic rings. The normalized spacial score (nSPS) is 18.9. The number of hydrogen-bond donors (Lipinski definition) is 0. The van der Waals surface area contributed by atoms with Crippen molar-refractivity contribution in [3.8, 4) is 0 Å². The highest BCUT2D eigenvalue weighted by Crippen LogP contribution is 2.20. The molecule has 1 atom stereocenters. The molecule has 1 aromatic carbocycles. The van der Waals surface area contributed by atoms with E-state index in [9.17, 15) is 4.79 Å². The van der Waals surface area contributed by atoms with Crippen LogP contribution in [0.4, 0.5) is 0 Å². The number of ketones is 1. The largest absolute Gasteiger partial charge is 0.384 e. The molecule has 0 aromatic heterocycles. The molecule has 0 spiro atoms. The first-order valence-electron chi connectivity index (χ1n) is 7.45. The number of piperidine rings is 1. The molecule has 0 radical (unpaired) electrons. The van der Waals surface area contributed by atoms with E-state index >= 15 is 0 Å². The Kier molecular flexibility index (Phi) is 5.32. The van der Waals surface area contributed by atoms with Crippen LogP contribution in [0.5, 0.6) is 0 Å². The summed E-state index contributed by atoms with van der Waals surface area (Å²) in [6.45, 7) is 6.89. The molecule has 0 saturated carbocycles. The maximum absolute atomic E-state index is 12.5. The standard InChI is InChI=1S/C17H25NO2/c1-13-4-6-16(7-5-13)17(19)14(2)18-10-8-15(9-11-18)12-20-3/h4-7,14-15H,8-12H2,1-3H3. The highest BCUT2D eigenvalue weighted by molar-refractivity contribution is 5.99. The number of aryl methyl sites for hydroxylation is 1. The molecule has 0 N–H and O–H groups in total. The van der Waals surface area contributed by atoms with Gasteiger partial charge in [-0.05, 0) is 45.7 Å². The second kappa shape index (κ2) is 7.00. The molecule has 1 unspecified atom stereocenters. The first-order valence-corrected chi connectivity index (χ1v) is 7.45. The molecule has 20 heavy (non-hydrogen) atoms. The summed E-state index contributed by atoms with van der Waals surface area (Å²) in [5.74, 6) is 0.883. The van der Waals surface area contributed by atoms with Gasteiger partial charge in [-0.2, -0.15) is 0 Å². The molecular weight excluding hydrogens is 250 g/mol. The van der Waals surface area contributed by atoms with E-state index in [1.807, 2.05) is 38.1 Å². The van der Waals surface area contributed by atoms with Crippen LogP contribution in [-0.4, -0.2) is 43.5 Å². The number of carbonyl (C=O) groups excluding carboxylic acids is 1. The van der Waals surface area contributed by atoms with Gasteiger partial charge in [0.1, 0.15) is 0 Å². The molecular formula is C17H25NO2. The summed E-state index contributed by atoms with van der Waals surface area (Å²) in [6.07, 6.45) is 2.25. The van der Waals surface area contributed by atoms with E-state index in [4.69, 9.17) is 4.74 Å². The molecule has 1 heterocycles. The Hall–Kier alpha value is -1.19. The molecule has 0 amide bonds. The third kappa shape index (κ3) is 3.68. The van der Waals surface area contributed by atoms with Crippen LogP contribution in [0, 0.1) is 12.8 Å². The van der Waals surface area contributed by atoms with Crippen LogP contribution in [0.2, 0.25) is 0 Å². The minimum absolute atomic E-state index is 0.0267. The number of hydrogen-bond acceptors (Lipinski definition) is 3. The summed E-state index contributed by atoms with van der Waals surface area (Å²) < 4.78 is 5.22.